The normalized spacial score (nSPS) is 35.5. The first kappa shape index (κ1) is 12.4. The second-order valence-corrected chi connectivity index (χ2v) is 3.63. The third-order valence-electron chi connectivity index (χ3n) is 2.73. The maximum Gasteiger partial charge on any atom is 0.221 e. The number of nitrogens with one attached hydrogen (secondary N) is 2. The number of carbonyl (C=O) groups is 1. The first-order valence-corrected chi connectivity index (χ1v) is 4.92. The van der Waals surface area contributed by atoms with Crippen LogP contribution in [0.1, 0.15) is 6.42 Å². The van der Waals surface area contributed by atoms with Crippen LogP contribution in [0, 0.1) is 0 Å². The van der Waals surface area contributed by atoms with Crippen LogP contribution in [0.3, 0.4) is 0 Å². The number of amides is 1. The molecular weight excluding hydrogens is 200 g/mol. The van der Waals surface area contributed by atoms with Gasteiger partial charge in [0.05, 0.1) is 18.8 Å². The van der Waals surface area contributed by atoms with Crippen LogP contribution in [0.4, 0.5) is 0 Å². The summed E-state index contributed by atoms with van der Waals surface area (Å²) in [6.07, 6.45) is -1.02. The molecule has 0 saturated carbocycles. The highest BCUT2D eigenvalue weighted by molar-refractivity contribution is 5.76. The Morgan fingerprint density at radius 1 is 1.53 bits per heavy atom. The predicted octanol–water partition coefficient (Wildman–Crippen LogP) is -2.17. The van der Waals surface area contributed by atoms with Crippen LogP contribution in [-0.2, 0) is 9.53 Å². The summed E-state index contributed by atoms with van der Waals surface area (Å²) in [5.41, 5.74) is 0. The van der Waals surface area contributed by atoms with Crippen molar-refractivity contribution in [1.29, 1.82) is 0 Å². The van der Waals surface area contributed by atoms with Crippen molar-refractivity contribution < 1.29 is 19.7 Å². The molecule has 0 unspecified atom stereocenters. The third-order valence-corrected chi connectivity index (χ3v) is 2.73. The largest absolute Gasteiger partial charge is 0.395 e. The zero-order valence-corrected chi connectivity index (χ0v) is 8.93. The molecule has 0 aliphatic carbocycles. The summed E-state index contributed by atoms with van der Waals surface area (Å²) in [6.45, 7) is -0.175. The standard InChI is InChI=1S/C9H18N2O4/c1-10-7(13)3-5-9(15-2)8(14)6(4-12)11-5/h5-6,8-9,11-12,14H,3-4H2,1-2H3,(H,10,13)/t5-,6-,8-,9+/m1/s1. The van der Waals surface area contributed by atoms with Gasteiger partial charge in [-0.25, -0.2) is 0 Å². The van der Waals surface area contributed by atoms with Gasteiger partial charge in [0.25, 0.3) is 0 Å². The van der Waals surface area contributed by atoms with E-state index in [9.17, 15) is 9.90 Å². The van der Waals surface area contributed by atoms with Gasteiger partial charge in [0.2, 0.25) is 5.91 Å². The van der Waals surface area contributed by atoms with Gasteiger partial charge in [0, 0.05) is 26.6 Å². The molecule has 1 aliphatic rings. The van der Waals surface area contributed by atoms with Crippen molar-refractivity contribution in [2.75, 3.05) is 20.8 Å². The predicted molar refractivity (Wildman–Crippen MR) is 53.3 cm³/mol. The fourth-order valence-electron chi connectivity index (χ4n) is 1.88. The highest BCUT2D eigenvalue weighted by atomic mass is 16.5. The lowest BCUT2D eigenvalue weighted by atomic mass is 10.1. The van der Waals surface area contributed by atoms with Gasteiger partial charge < -0.3 is 25.6 Å². The fraction of sp³-hybridized carbons (Fsp3) is 0.889. The highest BCUT2D eigenvalue weighted by Crippen LogP contribution is 2.19. The van der Waals surface area contributed by atoms with Crippen LogP contribution >= 0.6 is 0 Å². The minimum absolute atomic E-state index is 0.125. The summed E-state index contributed by atoms with van der Waals surface area (Å²) in [7, 11) is 3.03. The summed E-state index contributed by atoms with van der Waals surface area (Å²) >= 11 is 0. The van der Waals surface area contributed by atoms with Gasteiger partial charge in [-0.05, 0) is 0 Å². The van der Waals surface area contributed by atoms with Gasteiger partial charge in [0.15, 0.2) is 0 Å². The van der Waals surface area contributed by atoms with Gasteiger partial charge >= 0.3 is 0 Å². The Morgan fingerprint density at radius 3 is 2.67 bits per heavy atom. The molecule has 0 bridgehead atoms. The molecule has 4 atom stereocenters. The van der Waals surface area contributed by atoms with Crippen molar-refractivity contribution in [3.05, 3.63) is 0 Å². The fourth-order valence-corrected chi connectivity index (χ4v) is 1.88. The minimum atomic E-state index is -0.783. The molecule has 1 fully saturated rings. The van der Waals surface area contributed by atoms with E-state index in [1.165, 1.54) is 7.11 Å². The molecule has 6 heteroatoms. The average molecular weight is 218 g/mol. The lowest BCUT2D eigenvalue weighted by Gasteiger charge is -2.19. The van der Waals surface area contributed by atoms with Crippen molar-refractivity contribution in [2.45, 2.75) is 30.7 Å². The van der Waals surface area contributed by atoms with E-state index in [-0.39, 0.29) is 25.0 Å². The van der Waals surface area contributed by atoms with E-state index in [2.05, 4.69) is 10.6 Å². The molecule has 0 spiro atoms. The van der Waals surface area contributed by atoms with E-state index in [1.807, 2.05) is 0 Å². The van der Waals surface area contributed by atoms with Crippen LogP contribution in [0.5, 0.6) is 0 Å². The zero-order valence-electron chi connectivity index (χ0n) is 8.93. The molecule has 1 heterocycles. The van der Waals surface area contributed by atoms with E-state index >= 15 is 0 Å². The molecular formula is C9H18N2O4. The number of rotatable bonds is 4. The summed E-state index contributed by atoms with van der Waals surface area (Å²) < 4.78 is 5.11. The third kappa shape index (κ3) is 2.66. The Bertz CT molecular complexity index is 224. The van der Waals surface area contributed by atoms with Gasteiger partial charge in [0.1, 0.15) is 6.10 Å². The summed E-state index contributed by atoms with van der Waals surface area (Å²) in [5.74, 6) is -0.125. The molecule has 4 N–H and O–H groups in total. The molecule has 0 aromatic rings. The van der Waals surface area contributed by atoms with Crippen molar-refractivity contribution in [3.8, 4) is 0 Å². The molecule has 0 aromatic carbocycles. The van der Waals surface area contributed by atoms with Crippen molar-refractivity contribution in [2.24, 2.45) is 0 Å². The molecule has 1 amide bonds. The van der Waals surface area contributed by atoms with E-state index in [0.717, 1.165) is 0 Å². The van der Waals surface area contributed by atoms with E-state index in [0.29, 0.717) is 0 Å². The van der Waals surface area contributed by atoms with Crippen LogP contribution < -0.4 is 10.6 Å². The van der Waals surface area contributed by atoms with E-state index < -0.39 is 18.2 Å². The van der Waals surface area contributed by atoms with E-state index in [4.69, 9.17) is 9.84 Å². The number of hydrogen-bond donors (Lipinski definition) is 4. The number of carbonyl (C=O) groups excluding carboxylic acids is 1. The Balaban J connectivity index is 2.60. The van der Waals surface area contributed by atoms with Gasteiger partial charge in [-0.3, -0.25) is 4.79 Å². The lowest BCUT2D eigenvalue weighted by molar-refractivity contribution is -0.121. The van der Waals surface area contributed by atoms with Crippen molar-refractivity contribution in [1.82, 2.24) is 10.6 Å². The number of methoxy groups -OCH3 is 1. The molecule has 6 nitrogen and oxygen atoms in total. The number of aliphatic hydroxyl groups excluding tert-OH is 2. The zero-order chi connectivity index (χ0) is 11.4. The average Bonchev–Trinajstić information content (AvgIpc) is 2.54. The number of hydrogen-bond acceptors (Lipinski definition) is 5. The molecule has 1 aliphatic heterocycles. The van der Waals surface area contributed by atoms with Crippen LogP contribution in [0.25, 0.3) is 0 Å². The van der Waals surface area contributed by atoms with Gasteiger partial charge in [-0.15, -0.1) is 0 Å². The molecule has 0 aromatic heterocycles. The second-order valence-electron chi connectivity index (χ2n) is 3.63. The maximum absolute atomic E-state index is 11.2. The Kier molecular flexibility index (Phi) is 4.46. The molecule has 15 heavy (non-hydrogen) atoms. The second kappa shape index (κ2) is 5.41. The Labute approximate surface area is 88.6 Å². The van der Waals surface area contributed by atoms with Gasteiger partial charge in [-0.2, -0.15) is 0 Å². The number of aliphatic hydroxyl groups is 2. The first-order valence-electron chi connectivity index (χ1n) is 4.92. The highest BCUT2D eigenvalue weighted by Gasteiger charge is 2.42. The lowest BCUT2D eigenvalue weighted by Crippen LogP contribution is -2.39. The molecule has 1 rings (SSSR count). The maximum atomic E-state index is 11.2. The summed E-state index contributed by atoms with van der Waals surface area (Å²) in [5, 5.41) is 24.2. The molecule has 0 radical (unpaired) electrons. The Hall–Kier alpha value is -0.690. The minimum Gasteiger partial charge on any atom is -0.395 e. The smallest absolute Gasteiger partial charge is 0.221 e. The SMILES string of the molecule is CNC(=O)C[C@H]1N[C@H](CO)[C@@H](O)[C@H]1OC. The van der Waals surface area contributed by atoms with Crippen LogP contribution in [-0.4, -0.2) is 61.2 Å². The van der Waals surface area contributed by atoms with Crippen molar-refractivity contribution in [3.63, 3.8) is 0 Å². The van der Waals surface area contributed by atoms with Crippen LogP contribution in [0.15, 0.2) is 0 Å². The van der Waals surface area contributed by atoms with Crippen molar-refractivity contribution >= 4 is 5.91 Å². The summed E-state index contributed by atoms with van der Waals surface area (Å²) in [6, 6.07) is -0.688. The number of ether oxygens (including phenoxy) is 1. The molecule has 1 saturated heterocycles. The monoisotopic (exact) mass is 218 g/mol. The van der Waals surface area contributed by atoms with Gasteiger partial charge in [-0.1, -0.05) is 0 Å². The van der Waals surface area contributed by atoms with Crippen LogP contribution in [0.2, 0.25) is 0 Å². The topological polar surface area (TPSA) is 90.8 Å². The van der Waals surface area contributed by atoms with E-state index in [1.54, 1.807) is 7.05 Å². The summed E-state index contributed by atoms with van der Waals surface area (Å²) in [4.78, 5) is 11.2. The quantitative estimate of drug-likeness (QED) is 0.431. The first-order chi connectivity index (χ1) is 7.13. The Morgan fingerprint density at radius 2 is 2.20 bits per heavy atom. The molecule has 88 valence electrons.